The molecule has 0 aromatic carbocycles. The van der Waals surface area contributed by atoms with Crippen LogP contribution in [0.25, 0.3) is 0 Å². The molecule has 0 spiro atoms. The summed E-state index contributed by atoms with van der Waals surface area (Å²) in [6.45, 7) is 11.1. The van der Waals surface area contributed by atoms with Crippen molar-refractivity contribution in [2.75, 3.05) is 6.54 Å². The van der Waals surface area contributed by atoms with Crippen LogP contribution in [0.3, 0.4) is 0 Å². The van der Waals surface area contributed by atoms with Crippen molar-refractivity contribution < 1.29 is 24.3 Å². The van der Waals surface area contributed by atoms with Gasteiger partial charge in [-0.05, 0) is 43.6 Å². The van der Waals surface area contributed by atoms with Crippen LogP contribution in [0.2, 0.25) is 0 Å². The maximum atomic E-state index is 13.0. The highest BCUT2D eigenvalue weighted by Gasteiger charge is 2.33. The lowest BCUT2D eigenvalue weighted by Gasteiger charge is -2.28. The van der Waals surface area contributed by atoms with Crippen molar-refractivity contribution in [2.45, 2.75) is 91.4 Å². The number of unbranched alkanes of at least 4 members (excludes halogenated alkanes) is 1. The van der Waals surface area contributed by atoms with Crippen molar-refractivity contribution in [1.29, 1.82) is 0 Å². The first-order valence-electron chi connectivity index (χ1n) is 11.5. The van der Waals surface area contributed by atoms with Crippen LogP contribution in [0.1, 0.15) is 67.2 Å². The molecule has 0 aliphatic heterocycles. The average molecular weight is 458 g/mol. The van der Waals surface area contributed by atoms with E-state index in [4.69, 9.17) is 11.5 Å². The molecule has 0 radical (unpaired) electrons. The minimum Gasteiger partial charge on any atom is -0.480 e. The Hall–Kier alpha value is -2.20. The fraction of sp³-hybridized carbons (Fsp3) is 0.818. The van der Waals surface area contributed by atoms with Gasteiger partial charge in [-0.2, -0.15) is 0 Å². The number of carboxylic acids is 1. The predicted molar refractivity (Wildman–Crippen MR) is 123 cm³/mol. The fourth-order valence-electron chi connectivity index (χ4n) is 3.09. The lowest BCUT2D eigenvalue weighted by Crippen LogP contribution is -2.59. The molecule has 0 bridgehead atoms. The van der Waals surface area contributed by atoms with E-state index in [1.165, 1.54) is 0 Å². The maximum absolute atomic E-state index is 13.0. The highest BCUT2D eigenvalue weighted by atomic mass is 16.4. The molecule has 0 aromatic heterocycles. The highest BCUT2D eigenvalue weighted by Crippen LogP contribution is 2.10. The van der Waals surface area contributed by atoms with E-state index >= 15 is 0 Å². The number of hydrogen-bond donors (Lipinski definition) is 6. The average Bonchev–Trinajstić information content (AvgIpc) is 2.72. The summed E-state index contributed by atoms with van der Waals surface area (Å²) in [6.07, 6.45) is 2.35. The van der Waals surface area contributed by atoms with Gasteiger partial charge in [0.1, 0.15) is 18.1 Å². The molecule has 8 N–H and O–H groups in total. The number of aliphatic carboxylic acids is 1. The van der Waals surface area contributed by atoms with Gasteiger partial charge in [-0.15, -0.1) is 0 Å². The van der Waals surface area contributed by atoms with E-state index in [0.29, 0.717) is 25.8 Å². The number of carbonyl (C=O) groups excluding carboxylic acids is 3. The Morgan fingerprint density at radius 2 is 1.34 bits per heavy atom. The highest BCUT2D eigenvalue weighted by molar-refractivity contribution is 5.94. The molecular weight excluding hydrogens is 414 g/mol. The lowest BCUT2D eigenvalue weighted by atomic mass is 9.98. The zero-order chi connectivity index (χ0) is 25.0. The van der Waals surface area contributed by atoms with Gasteiger partial charge in [0.2, 0.25) is 17.7 Å². The SMILES string of the molecule is CCC(C)C(N)C(=O)NC(CCCCN)C(=O)NC(C(=O)NC(C(=O)O)C(C)C)C(C)C. The van der Waals surface area contributed by atoms with Crippen LogP contribution >= 0.6 is 0 Å². The zero-order valence-electron chi connectivity index (χ0n) is 20.3. The Balaban J connectivity index is 5.45. The summed E-state index contributed by atoms with van der Waals surface area (Å²) in [5.41, 5.74) is 11.5. The molecule has 0 rings (SSSR count). The van der Waals surface area contributed by atoms with Crippen molar-refractivity contribution in [2.24, 2.45) is 29.2 Å². The van der Waals surface area contributed by atoms with E-state index in [2.05, 4.69) is 16.0 Å². The van der Waals surface area contributed by atoms with Crippen LogP contribution < -0.4 is 27.4 Å². The Bertz CT molecular complexity index is 626. The molecular formula is C22H43N5O5. The van der Waals surface area contributed by atoms with Gasteiger partial charge in [0.25, 0.3) is 0 Å². The normalized spacial score (nSPS) is 16.1. The Morgan fingerprint density at radius 3 is 1.78 bits per heavy atom. The summed E-state index contributed by atoms with van der Waals surface area (Å²) >= 11 is 0. The summed E-state index contributed by atoms with van der Waals surface area (Å²) in [5.74, 6) is -3.36. The molecule has 0 saturated carbocycles. The Kier molecular flexibility index (Phi) is 13.8. The predicted octanol–water partition coefficient (Wildman–Crippen LogP) is 0.340. The van der Waals surface area contributed by atoms with Crippen molar-refractivity contribution in [3.8, 4) is 0 Å². The van der Waals surface area contributed by atoms with Gasteiger partial charge in [0, 0.05) is 0 Å². The molecule has 32 heavy (non-hydrogen) atoms. The largest absolute Gasteiger partial charge is 0.480 e. The molecule has 0 aromatic rings. The van der Waals surface area contributed by atoms with Crippen molar-refractivity contribution in [3.63, 3.8) is 0 Å². The molecule has 0 saturated heterocycles. The number of nitrogens with one attached hydrogen (secondary N) is 3. The van der Waals surface area contributed by atoms with E-state index in [9.17, 15) is 24.3 Å². The molecule has 0 aliphatic carbocycles. The topological polar surface area (TPSA) is 177 Å². The number of rotatable bonds is 15. The Morgan fingerprint density at radius 1 is 0.812 bits per heavy atom. The summed E-state index contributed by atoms with van der Waals surface area (Å²) in [4.78, 5) is 49.8. The minimum atomic E-state index is -1.15. The molecule has 10 heteroatoms. The van der Waals surface area contributed by atoms with Crippen LogP contribution in [-0.2, 0) is 19.2 Å². The maximum Gasteiger partial charge on any atom is 0.326 e. The van der Waals surface area contributed by atoms with Crippen LogP contribution in [-0.4, -0.2) is 59.5 Å². The van der Waals surface area contributed by atoms with Crippen LogP contribution in [0.15, 0.2) is 0 Å². The summed E-state index contributed by atoms with van der Waals surface area (Å²) in [7, 11) is 0. The molecule has 0 aliphatic rings. The number of nitrogens with two attached hydrogens (primary N) is 2. The smallest absolute Gasteiger partial charge is 0.326 e. The van der Waals surface area contributed by atoms with Gasteiger partial charge >= 0.3 is 5.97 Å². The molecule has 10 nitrogen and oxygen atoms in total. The third-order valence-electron chi connectivity index (χ3n) is 5.62. The lowest BCUT2D eigenvalue weighted by molar-refractivity contribution is -0.144. The van der Waals surface area contributed by atoms with E-state index in [1.54, 1.807) is 27.7 Å². The quantitative estimate of drug-likeness (QED) is 0.192. The van der Waals surface area contributed by atoms with Crippen molar-refractivity contribution >= 4 is 23.7 Å². The van der Waals surface area contributed by atoms with Crippen molar-refractivity contribution in [3.05, 3.63) is 0 Å². The summed E-state index contributed by atoms with van der Waals surface area (Å²) in [5, 5.41) is 17.2. The number of carboxylic acid groups (broad SMARTS) is 1. The fourth-order valence-corrected chi connectivity index (χ4v) is 3.09. The summed E-state index contributed by atoms with van der Waals surface area (Å²) < 4.78 is 0. The molecule has 5 atom stereocenters. The van der Waals surface area contributed by atoms with Gasteiger partial charge in [-0.3, -0.25) is 14.4 Å². The summed E-state index contributed by atoms with van der Waals surface area (Å²) in [6, 6.07) is -3.66. The van der Waals surface area contributed by atoms with Crippen molar-refractivity contribution in [1.82, 2.24) is 16.0 Å². The first-order valence-corrected chi connectivity index (χ1v) is 11.5. The van der Waals surface area contributed by atoms with Crippen LogP contribution in [0, 0.1) is 17.8 Å². The second-order valence-electron chi connectivity index (χ2n) is 9.06. The van der Waals surface area contributed by atoms with E-state index in [0.717, 1.165) is 6.42 Å². The third-order valence-corrected chi connectivity index (χ3v) is 5.62. The van der Waals surface area contributed by atoms with Gasteiger partial charge in [0.05, 0.1) is 6.04 Å². The molecule has 186 valence electrons. The molecule has 3 amide bonds. The Labute approximate surface area is 191 Å². The first kappa shape index (κ1) is 29.8. The van der Waals surface area contributed by atoms with Crippen LogP contribution in [0.4, 0.5) is 0 Å². The second kappa shape index (κ2) is 14.8. The number of amides is 3. The standard InChI is InChI=1S/C22H43N5O5/c1-7-14(6)16(24)20(29)25-15(10-8-9-11-23)19(28)26-17(12(2)3)21(30)27-18(13(4)5)22(31)32/h12-18H,7-11,23-24H2,1-6H3,(H,25,29)(H,26,28)(H,27,30)(H,31,32). The molecule has 5 unspecified atom stereocenters. The second-order valence-corrected chi connectivity index (χ2v) is 9.06. The van der Waals surface area contributed by atoms with Gasteiger partial charge in [-0.1, -0.05) is 48.0 Å². The molecule has 0 heterocycles. The third kappa shape index (κ3) is 9.95. The number of hydrogen-bond acceptors (Lipinski definition) is 6. The van der Waals surface area contributed by atoms with E-state index in [-0.39, 0.29) is 17.8 Å². The minimum absolute atomic E-state index is 0.0547. The number of carbonyl (C=O) groups is 4. The van der Waals surface area contributed by atoms with E-state index in [1.807, 2.05) is 13.8 Å². The first-order chi connectivity index (χ1) is 14.9. The molecule has 0 fully saturated rings. The van der Waals surface area contributed by atoms with Crippen LogP contribution in [0.5, 0.6) is 0 Å². The monoisotopic (exact) mass is 457 g/mol. The van der Waals surface area contributed by atoms with Gasteiger partial charge in [0.15, 0.2) is 0 Å². The van der Waals surface area contributed by atoms with E-state index < -0.39 is 47.9 Å². The van der Waals surface area contributed by atoms with Gasteiger partial charge < -0.3 is 32.5 Å². The van der Waals surface area contributed by atoms with Gasteiger partial charge in [-0.25, -0.2) is 4.79 Å². The zero-order valence-corrected chi connectivity index (χ0v) is 20.3.